The Morgan fingerprint density at radius 2 is 2.05 bits per heavy atom. The molecule has 2 aromatic heterocycles. The van der Waals surface area contributed by atoms with Crippen LogP contribution in [0.2, 0.25) is 5.02 Å². The van der Waals surface area contributed by atoms with Gasteiger partial charge in [0, 0.05) is 37.2 Å². The van der Waals surface area contributed by atoms with Crippen molar-refractivity contribution in [1.82, 2.24) is 30.0 Å². The standard InChI is InChI=1S/C26H34ClN7O3/c1-7-22(35)33-13-16(14-33)30-25(36)23-15(2)29-21(34(23)8-9-37-6)12-28-24-17-10-18(26(3,4)5)19(27)11-20(17)31-32-24/h7,10-11,16H,1,8-9,12-14H2,2-6H3,(H,30,36)(H2,28,31,32). The van der Waals surface area contributed by atoms with Gasteiger partial charge in [0.2, 0.25) is 5.91 Å². The van der Waals surface area contributed by atoms with E-state index in [9.17, 15) is 9.59 Å². The largest absolute Gasteiger partial charge is 0.383 e. The van der Waals surface area contributed by atoms with Crippen LogP contribution in [0.3, 0.4) is 0 Å². The zero-order valence-corrected chi connectivity index (χ0v) is 22.7. The van der Waals surface area contributed by atoms with Crippen molar-refractivity contribution in [3.05, 3.63) is 52.6 Å². The number of fused-ring (bicyclic) bond motifs is 1. The fraction of sp³-hybridized carbons (Fsp3) is 0.462. The lowest BCUT2D eigenvalue weighted by molar-refractivity contribution is -0.130. The maximum atomic E-state index is 13.2. The van der Waals surface area contributed by atoms with Gasteiger partial charge in [-0.1, -0.05) is 39.0 Å². The van der Waals surface area contributed by atoms with Crippen molar-refractivity contribution >= 4 is 40.1 Å². The quantitative estimate of drug-likeness (QED) is 0.367. The molecule has 0 unspecified atom stereocenters. The number of likely N-dealkylation sites (tertiary alicyclic amines) is 1. The van der Waals surface area contributed by atoms with E-state index in [1.165, 1.54) is 6.08 Å². The van der Waals surface area contributed by atoms with Gasteiger partial charge in [0.1, 0.15) is 11.5 Å². The highest BCUT2D eigenvalue weighted by Crippen LogP contribution is 2.34. The van der Waals surface area contributed by atoms with Gasteiger partial charge in [0.25, 0.3) is 5.91 Å². The number of hydrogen-bond donors (Lipinski definition) is 3. The van der Waals surface area contributed by atoms with Gasteiger partial charge in [-0.15, -0.1) is 0 Å². The molecule has 0 spiro atoms. The second-order valence-corrected chi connectivity index (χ2v) is 10.7. The molecule has 2 amide bonds. The van der Waals surface area contributed by atoms with Crippen LogP contribution in [0.5, 0.6) is 0 Å². The fourth-order valence-corrected chi connectivity index (χ4v) is 4.97. The van der Waals surface area contributed by atoms with Crippen LogP contribution in [0.25, 0.3) is 10.9 Å². The molecule has 1 aromatic carbocycles. The van der Waals surface area contributed by atoms with E-state index in [-0.39, 0.29) is 23.3 Å². The van der Waals surface area contributed by atoms with Gasteiger partial charge in [-0.25, -0.2) is 4.98 Å². The molecule has 37 heavy (non-hydrogen) atoms. The van der Waals surface area contributed by atoms with Gasteiger partial charge in [-0.2, -0.15) is 5.10 Å². The maximum Gasteiger partial charge on any atom is 0.270 e. The summed E-state index contributed by atoms with van der Waals surface area (Å²) >= 11 is 6.52. The lowest BCUT2D eigenvalue weighted by atomic mass is 9.86. The Balaban J connectivity index is 1.54. The monoisotopic (exact) mass is 527 g/mol. The number of hydrogen-bond acceptors (Lipinski definition) is 6. The molecule has 1 aliphatic heterocycles. The van der Waals surface area contributed by atoms with E-state index < -0.39 is 0 Å². The summed E-state index contributed by atoms with van der Waals surface area (Å²) in [5.74, 6) is 1.02. The number of nitrogens with one attached hydrogen (secondary N) is 3. The van der Waals surface area contributed by atoms with E-state index >= 15 is 0 Å². The van der Waals surface area contributed by atoms with E-state index in [2.05, 4.69) is 59.2 Å². The minimum absolute atomic E-state index is 0.109. The van der Waals surface area contributed by atoms with Crippen molar-refractivity contribution in [1.29, 1.82) is 0 Å². The number of nitrogens with zero attached hydrogens (tertiary/aromatic N) is 4. The van der Waals surface area contributed by atoms with Gasteiger partial charge in [0.15, 0.2) is 5.82 Å². The van der Waals surface area contributed by atoms with Crippen molar-refractivity contribution in [3.63, 3.8) is 0 Å². The highest BCUT2D eigenvalue weighted by atomic mass is 35.5. The number of anilines is 1. The maximum absolute atomic E-state index is 13.2. The van der Waals surface area contributed by atoms with Gasteiger partial charge in [0.05, 0.1) is 30.4 Å². The molecule has 0 atom stereocenters. The smallest absolute Gasteiger partial charge is 0.270 e. The average molecular weight is 528 g/mol. The summed E-state index contributed by atoms with van der Waals surface area (Å²) in [6.45, 7) is 13.8. The van der Waals surface area contributed by atoms with Gasteiger partial charge < -0.3 is 24.8 Å². The lowest BCUT2D eigenvalue weighted by Crippen LogP contribution is -2.60. The molecule has 0 bridgehead atoms. The van der Waals surface area contributed by atoms with Crippen molar-refractivity contribution in [2.75, 3.05) is 32.1 Å². The molecular weight excluding hydrogens is 494 g/mol. The molecule has 3 heterocycles. The number of rotatable bonds is 9. The molecular formula is C26H34ClN7O3. The predicted octanol–water partition coefficient (Wildman–Crippen LogP) is 3.40. The molecule has 3 N–H and O–H groups in total. The number of aryl methyl sites for hydroxylation is 1. The molecule has 1 aliphatic rings. The number of aromatic nitrogens is 4. The van der Waals surface area contributed by atoms with Crippen LogP contribution < -0.4 is 10.6 Å². The first-order valence-corrected chi connectivity index (χ1v) is 12.6. The van der Waals surface area contributed by atoms with E-state index in [4.69, 9.17) is 16.3 Å². The summed E-state index contributed by atoms with van der Waals surface area (Å²) in [6, 6.07) is 3.85. The molecule has 4 rings (SSSR count). The zero-order chi connectivity index (χ0) is 26.9. The number of benzene rings is 1. The highest BCUT2D eigenvalue weighted by Gasteiger charge is 2.32. The molecule has 0 aliphatic carbocycles. The molecule has 198 valence electrons. The topological polar surface area (TPSA) is 117 Å². The number of carbonyl (C=O) groups excluding carboxylic acids is 2. The Bertz CT molecular complexity index is 1330. The average Bonchev–Trinajstić information content (AvgIpc) is 3.35. The first-order chi connectivity index (χ1) is 17.5. The van der Waals surface area contributed by atoms with Crippen LogP contribution in [-0.4, -0.2) is 69.3 Å². The molecule has 0 saturated carbocycles. The fourth-order valence-electron chi connectivity index (χ4n) is 4.52. The van der Waals surface area contributed by atoms with E-state index in [0.29, 0.717) is 60.8 Å². The number of H-pyrrole nitrogens is 1. The summed E-state index contributed by atoms with van der Waals surface area (Å²) in [4.78, 5) is 31.2. The van der Waals surface area contributed by atoms with E-state index in [1.807, 2.05) is 17.6 Å². The number of ether oxygens (including phenoxy) is 1. The summed E-state index contributed by atoms with van der Waals surface area (Å²) in [7, 11) is 1.62. The highest BCUT2D eigenvalue weighted by molar-refractivity contribution is 6.32. The van der Waals surface area contributed by atoms with Crippen LogP contribution in [0.4, 0.5) is 5.82 Å². The normalized spacial score (nSPS) is 14.1. The zero-order valence-electron chi connectivity index (χ0n) is 21.9. The molecule has 11 heteroatoms. The second kappa shape index (κ2) is 10.5. The minimum Gasteiger partial charge on any atom is -0.383 e. The summed E-state index contributed by atoms with van der Waals surface area (Å²) in [5, 5.41) is 15.5. The Labute approximate surface area is 221 Å². The molecule has 1 fully saturated rings. The van der Waals surface area contributed by atoms with Gasteiger partial charge >= 0.3 is 0 Å². The number of aromatic amines is 1. The van der Waals surface area contributed by atoms with Gasteiger partial charge in [-0.3, -0.25) is 14.7 Å². The van der Waals surface area contributed by atoms with Gasteiger partial charge in [-0.05, 0) is 36.1 Å². The third-order valence-corrected chi connectivity index (χ3v) is 6.84. The predicted molar refractivity (Wildman–Crippen MR) is 144 cm³/mol. The Morgan fingerprint density at radius 3 is 2.70 bits per heavy atom. The third-order valence-electron chi connectivity index (χ3n) is 6.53. The number of methoxy groups -OCH3 is 1. The van der Waals surface area contributed by atoms with E-state index in [0.717, 1.165) is 16.5 Å². The number of imidazole rings is 1. The summed E-state index contributed by atoms with van der Waals surface area (Å²) in [6.07, 6.45) is 1.28. The van der Waals surface area contributed by atoms with Crippen LogP contribution in [0.1, 0.15) is 48.3 Å². The second-order valence-electron chi connectivity index (χ2n) is 10.3. The van der Waals surface area contributed by atoms with Crippen LogP contribution in [0, 0.1) is 6.92 Å². The van der Waals surface area contributed by atoms with Crippen molar-refractivity contribution in [2.45, 2.75) is 52.2 Å². The Morgan fingerprint density at radius 1 is 1.32 bits per heavy atom. The first kappa shape index (κ1) is 26.7. The van der Waals surface area contributed by atoms with Crippen molar-refractivity contribution < 1.29 is 14.3 Å². The van der Waals surface area contributed by atoms with Crippen LogP contribution in [-0.2, 0) is 28.0 Å². The number of amides is 2. The first-order valence-electron chi connectivity index (χ1n) is 12.2. The Kier molecular flexibility index (Phi) is 7.61. The molecule has 3 aromatic rings. The van der Waals surface area contributed by atoms with Crippen molar-refractivity contribution in [3.8, 4) is 0 Å². The number of carbonyl (C=O) groups is 2. The minimum atomic E-state index is -0.224. The number of halogens is 1. The molecule has 0 radical (unpaired) electrons. The summed E-state index contributed by atoms with van der Waals surface area (Å²) in [5.41, 5.74) is 2.86. The van der Waals surface area contributed by atoms with Crippen LogP contribution in [0.15, 0.2) is 24.8 Å². The SMILES string of the molecule is C=CC(=O)N1CC(NC(=O)c2c(C)nc(CNc3n[nH]c4cc(Cl)c(C(C)(C)C)cc34)n2CCOC)C1. The molecule has 1 saturated heterocycles. The van der Waals surface area contributed by atoms with Crippen molar-refractivity contribution in [2.24, 2.45) is 0 Å². The summed E-state index contributed by atoms with van der Waals surface area (Å²) < 4.78 is 7.16. The third kappa shape index (κ3) is 5.50. The van der Waals surface area contributed by atoms with E-state index in [1.54, 1.807) is 12.0 Å². The lowest BCUT2D eigenvalue weighted by Gasteiger charge is -2.38. The molecule has 10 nitrogen and oxygen atoms in total. The van der Waals surface area contributed by atoms with Crippen LogP contribution >= 0.6 is 11.6 Å². The Hall–Kier alpha value is -3.37.